The molecule has 1 amide bonds. The predicted molar refractivity (Wildman–Crippen MR) is 99.1 cm³/mol. The van der Waals surface area contributed by atoms with E-state index in [1.165, 1.54) is 0 Å². The number of fused-ring (bicyclic) bond motifs is 1. The van der Waals surface area contributed by atoms with Crippen LogP contribution in [0.3, 0.4) is 0 Å². The smallest absolute Gasteiger partial charge is 0.347 e. The number of carbonyl (C=O) groups excluding carboxylic acids is 1. The first-order valence-electron chi connectivity index (χ1n) is 8.27. The Kier molecular flexibility index (Phi) is 5.76. The first-order valence-corrected chi connectivity index (χ1v) is 9.97. The molecular weight excluding hydrogens is 380 g/mol. The fourth-order valence-corrected chi connectivity index (χ4v) is 4.29. The molecule has 1 aromatic carbocycles. The van der Waals surface area contributed by atoms with Crippen LogP contribution in [0, 0.1) is 0 Å². The van der Waals surface area contributed by atoms with Crippen LogP contribution in [-0.2, 0) is 16.5 Å². The second-order valence-electron chi connectivity index (χ2n) is 6.12. The Balaban J connectivity index is 1.63. The van der Waals surface area contributed by atoms with Crippen molar-refractivity contribution in [1.29, 1.82) is 0 Å². The molecule has 0 radical (unpaired) electrons. The van der Waals surface area contributed by atoms with Gasteiger partial charge in [0, 0.05) is 17.5 Å². The van der Waals surface area contributed by atoms with Gasteiger partial charge in [-0.3, -0.25) is 4.79 Å². The van der Waals surface area contributed by atoms with Gasteiger partial charge in [0.05, 0.1) is 0 Å². The van der Waals surface area contributed by atoms with Gasteiger partial charge in [-0.2, -0.15) is 8.78 Å². The maximum absolute atomic E-state index is 14.0. The number of hydrogen-bond acceptors (Lipinski definition) is 6. The fourth-order valence-electron chi connectivity index (χ4n) is 2.73. The van der Waals surface area contributed by atoms with Gasteiger partial charge >= 0.3 is 5.25 Å². The normalized spacial score (nSPS) is 14.4. The van der Waals surface area contributed by atoms with Crippen molar-refractivity contribution in [3.8, 4) is 5.19 Å². The quantitative estimate of drug-likeness (QED) is 0.732. The van der Waals surface area contributed by atoms with Crippen molar-refractivity contribution >= 4 is 34.7 Å². The highest BCUT2D eigenvalue weighted by Crippen LogP contribution is 2.44. The largest absolute Gasteiger partial charge is 0.459 e. The summed E-state index contributed by atoms with van der Waals surface area (Å²) in [7, 11) is 0. The van der Waals surface area contributed by atoms with Crippen molar-refractivity contribution in [2.24, 2.45) is 0 Å². The number of amides is 1. The number of rotatable bonds is 6. The number of para-hydroxylation sites is 1. The van der Waals surface area contributed by atoms with Gasteiger partial charge in [-0.25, -0.2) is 0 Å². The molecule has 0 bridgehead atoms. The summed E-state index contributed by atoms with van der Waals surface area (Å²) < 4.78 is 33.4. The molecule has 9 heteroatoms. The third-order valence-corrected chi connectivity index (χ3v) is 5.77. The van der Waals surface area contributed by atoms with Gasteiger partial charge in [0.1, 0.15) is 0 Å². The summed E-state index contributed by atoms with van der Waals surface area (Å²) in [5.41, 5.74) is 2.00. The van der Waals surface area contributed by atoms with Gasteiger partial charge in [0.25, 0.3) is 11.1 Å². The van der Waals surface area contributed by atoms with E-state index >= 15 is 0 Å². The van der Waals surface area contributed by atoms with E-state index in [9.17, 15) is 13.6 Å². The molecule has 2 heterocycles. The Morgan fingerprint density at radius 2 is 2.15 bits per heavy atom. The molecule has 1 aliphatic heterocycles. The van der Waals surface area contributed by atoms with Crippen LogP contribution in [0.5, 0.6) is 5.19 Å². The van der Waals surface area contributed by atoms with E-state index in [2.05, 4.69) is 10.2 Å². The Morgan fingerprint density at radius 3 is 2.92 bits per heavy atom. The molecule has 0 saturated carbocycles. The molecule has 0 fully saturated rings. The van der Waals surface area contributed by atoms with Crippen LogP contribution in [0.1, 0.15) is 30.8 Å². The zero-order chi connectivity index (χ0) is 18.7. The fraction of sp³-hybridized carbons (Fsp3) is 0.471. The maximum atomic E-state index is 14.0. The van der Waals surface area contributed by atoms with E-state index in [0.29, 0.717) is 29.6 Å². The van der Waals surface area contributed by atoms with Crippen molar-refractivity contribution < 1.29 is 18.3 Å². The van der Waals surface area contributed by atoms with Crippen LogP contribution in [0.2, 0.25) is 0 Å². The average Bonchev–Trinajstić information content (AvgIpc) is 3.08. The minimum absolute atomic E-state index is 0.0253. The van der Waals surface area contributed by atoms with Crippen molar-refractivity contribution in [1.82, 2.24) is 10.2 Å². The minimum Gasteiger partial charge on any atom is -0.459 e. The van der Waals surface area contributed by atoms with Gasteiger partial charge in [0.15, 0.2) is 6.61 Å². The molecule has 1 aliphatic rings. The van der Waals surface area contributed by atoms with Gasteiger partial charge in [-0.05, 0) is 24.5 Å². The number of anilines is 1. The summed E-state index contributed by atoms with van der Waals surface area (Å²) in [5.74, 6) is -0.225. The summed E-state index contributed by atoms with van der Waals surface area (Å²) in [5, 5.41) is 3.34. The highest BCUT2D eigenvalue weighted by Gasteiger charge is 2.38. The maximum Gasteiger partial charge on any atom is 0.347 e. The van der Waals surface area contributed by atoms with E-state index in [4.69, 9.17) is 4.74 Å². The number of alkyl halides is 2. The van der Waals surface area contributed by atoms with E-state index in [-0.39, 0.29) is 23.0 Å². The Hall–Kier alpha value is -1.74. The highest BCUT2D eigenvalue weighted by atomic mass is 32.2. The second kappa shape index (κ2) is 7.87. The van der Waals surface area contributed by atoms with Gasteiger partial charge in [0.2, 0.25) is 5.01 Å². The van der Waals surface area contributed by atoms with Crippen molar-refractivity contribution in [2.75, 3.05) is 18.1 Å². The van der Waals surface area contributed by atoms with E-state index in [1.807, 2.05) is 24.3 Å². The third kappa shape index (κ3) is 4.32. The summed E-state index contributed by atoms with van der Waals surface area (Å²) in [6.07, 6.45) is 1.81. The molecule has 2 aromatic rings. The van der Waals surface area contributed by atoms with E-state index < -0.39 is 10.3 Å². The number of carbonyl (C=O) groups is 1. The van der Waals surface area contributed by atoms with Crippen LogP contribution >= 0.6 is 23.1 Å². The zero-order valence-electron chi connectivity index (χ0n) is 14.4. The lowest BCUT2D eigenvalue weighted by Gasteiger charge is -2.29. The van der Waals surface area contributed by atoms with E-state index in [0.717, 1.165) is 24.1 Å². The van der Waals surface area contributed by atoms with Crippen LogP contribution in [0.15, 0.2) is 24.3 Å². The third-order valence-electron chi connectivity index (χ3n) is 3.77. The lowest BCUT2D eigenvalue weighted by atomic mass is 10.0. The minimum atomic E-state index is -3.12. The molecule has 26 heavy (non-hydrogen) atoms. The van der Waals surface area contributed by atoms with Gasteiger partial charge < -0.3 is 9.64 Å². The lowest BCUT2D eigenvalue weighted by Crippen LogP contribution is -2.38. The predicted octanol–water partition coefficient (Wildman–Crippen LogP) is 4.09. The summed E-state index contributed by atoms with van der Waals surface area (Å²) >= 11 is 1.18. The number of aryl methyl sites for hydroxylation is 1. The molecule has 140 valence electrons. The van der Waals surface area contributed by atoms with Crippen LogP contribution in [0.25, 0.3) is 0 Å². The zero-order valence-corrected chi connectivity index (χ0v) is 16.1. The number of hydrogen-bond donors (Lipinski definition) is 0. The number of benzene rings is 1. The number of aromatic nitrogens is 2. The SMILES string of the molecule is CC(C)SC(F)(F)c1nnc(OCC(=O)N2CCCc3ccccc32)s1. The number of halogens is 2. The Labute approximate surface area is 158 Å². The average molecular weight is 399 g/mol. The molecule has 0 aliphatic carbocycles. The van der Waals surface area contributed by atoms with Crippen LogP contribution in [-0.4, -0.2) is 34.5 Å². The molecule has 0 N–H and O–H groups in total. The van der Waals surface area contributed by atoms with E-state index in [1.54, 1.807) is 18.7 Å². The molecule has 1 aromatic heterocycles. The van der Waals surface area contributed by atoms with Crippen LogP contribution < -0.4 is 9.64 Å². The highest BCUT2D eigenvalue weighted by molar-refractivity contribution is 8.00. The van der Waals surface area contributed by atoms with Crippen molar-refractivity contribution in [2.45, 2.75) is 37.2 Å². The number of thioether (sulfide) groups is 1. The molecular formula is C17H19F2N3O2S2. The number of ether oxygens (including phenoxy) is 1. The second-order valence-corrected chi connectivity index (χ2v) is 8.75. The molecule has 0 unspecified atom stereocenters. The topological polar surface area (TPSA) is 55.3 Å². The summed E-state index contributed by atoms with van der Waals surface area (Å²) in [4.78, 5) is 14.2. The van der Waals surface area contributed by atoms with Crippen LogP contribution in [0.4, 0.5) is 14.5 Å². The van der Waals surface area contributed by atoms with Crippen molar-refractivity contribution in [3.05, 3.63) is 34.8 Å². The summed E-state index contributed by atoms with van der Waals surface area (Å²) in [6.45, 7) is 3.73. The molecule has 0 spiro atoms. The lowest BCUT2D eigenvalue weighted by molar-refractivity contribution is -0.120. The van der Waals surface area contributed by atoms with Gasteiger partial charge in [-0.15, -0.1) is 5.10 Å². The Morgan fingerprint density at radius 1 is 1.38 bits per heavy atom. The Bertz CT molecular complexity index is 783. The molecule has 5 nitrogen and oxygen atoms in total. The van der Waals surface area contributed by atoms with Crippen molar-refractivity contribution in [3.63, 3.8) is 0 Å². The monoisotopic (exact) mass is 399 g/mol. The first-order chi connectivity index (χ1) is 12.4. The molecule has 0 atom stereocenters. The standard InChI is InChI=1S/C17H19F2N3O2S2/c1-11(2)26-17(18,19)15-20-21-16(25-15)24-10-14(23)22-9-5-7-12-6-3-4-8-13(12)22/h3-4,6,8,11H,5,7,9-10H2,1-2H3. The van der Waals surface area contributed by atoms with Gasteiger partial charge in [-0.1, -0.05) is 60.2 Å². The first kappa shape index (κ1) is 19.0. The summed E-state index contributed by atoms with van der Waals surface area (Å²) in [6, 6.07) is 7.73. The molecule has 3 rings (SSSR count). The number of nitrogens with zero attached hydrogens (tertiary/aromatic N) is 3. The molecule has 0 saturated heterocycles.